The average Bonchev–Trinajstić information content (AvgIpc) is 2.43. The number of nitrogens with zero attached hydrogens (tertiary/aromatic N) is 1. The lowest BCUT2D eigenvalue weighted by Crippen LogP contribution is -2.24. The minimum atomic E-state index is -0.727. The van der Waals surface area contributed by atoms with E-state index in [-0.39, 0.29) is 18.5 Å². The molecule has 1 rings (SSSR count). The second-order valence-electron chi connectivity index (χ2n) is 3.72. The molecule has 1 heterocycles. The molecule has 0 bridgehead atoms. The van der Waals surface area contributed by atoms with E-state index in [1.54, 1.807) is 0 Å². The summed E-state index contributed by atoms with van der Waals surface area (Å²) in [6, 6.07) is 0. The Balaban J connectivity index is 2.36. The van der Waals surface area contributed by atoms with Crippen molar-refractivity contribution in [3.63, 3.8) is 0 Å². The Morgan fingerprint density at radius 2 is 2.31 bits per heavy atom. The summed E-state index contributed by atoms with van der Waals surface area (Å²) < 4.78 is 11.9. The van der Waals surface area contributed by atoms with E-state index in [1.165, 1.54) is 0 Å². The summed E-state index contributed by atoms with van der Waals surface area (Å²) in [6.07, 6.45) is 0.513. The van der Waals surface area contributed by atoms with Gasteiger partial charge in [-0.1, -0.05) is 6.92 Å². The monoisotopic (exact) mass is 189 g/mol. The summed E-state index contributed by atoms with van der Waals surface area (Å²) in [5.74, 6) is -0.799. The topological polar surface area (TPSA) is 40.5 Å². The van der Waals surface area contributed by atoms with Gasteiger partial charge in [-0.05, 0) is 12.3 Å². The maximum atomic E-state index is 11.9. The van der Waals surface area contributed by atoms with E-state index in [9.17, 15) is 9.18 Å². The molecule has 1 N–H and O–H groups in total. The molecule has 0 spiro atoms. The Morgan fingerprint density at radius 1 is 1.62 bits per heavy atom. The Hall–Kier alpha value is -0.640. The van der Waals surface area contributed by atoms with Crippen LogP contribution in [-0.2, 0) is 4.79 Å². The predicted molar refractivity (Wildman–Crippen MR) is 47.3 cm³/mol. The second kappa shape index (κ2) is 4.56. The maximum absolute atomic E-state index is 11.9. The van der Waals surface area contributed by atoms with Gasteiger partial charge in [-0.25, -0.2) is 0 Å². The zero-order valence-electron chi connectivity index (χ0n) is 7.87. The zero-order chi connectivity index (χ0) is 9.84. The number of carboxylic acids is 1. The van der Waals surface area contributed by atoms with Crippen molar-refractivity contribution in [2.24, 2.45) is 11.8 Å². The lowest BCUT2D eigenvalue weighted by molar-refractivity contribution is -0.142. The smallest absolute Gasteiger partial charge is 0.308 e. The third-order valence-electron chi connectivity index (χ3n) is 2.61. The average molecular weight is 189 g/mol. The van der Waals surface area contributed by atoms with Crippen LogP contribution in [0.4, 0.5) is 4.39 Å². The highest BCUT2D eigenvalue weighted by Crippen LogP contribution is 2.22. The fraction of sp³-hybridized carbons (Fsp3) is 0.889. The number of hydrogen-bond donors (Lipinski definition) is 1. The molecule has 0 radical (unpaired) electrons. The lowest BCUT2D eigenvalue weighted by Gasteiger charge is -2.13. The molecule has 0 aliphatic carbocycles. The fourth-order valence-electron chi connectivity index (χ4n) is 1.85. The van der Waals surface area contributed by atoms with Crippen LogP contribution in [0.3, 0.4) is 0 Å². The summed E-state index contributed by atoms with van der Waals surface area (Å²) in [6.45, 7) is 3.68. The first-order valence-corrected chi connectivity index (χ1v) is 4.66. The molecule has 1 saturated heterocycles. The molecule has 0 unspecified atom stereocenters. The van der Waals surface area contributed by atoms with E-state index in [0.717, 1.165) is 6.54 Å². The number of alkyl halides is 1. The van der Waals surface area contributed by atoms with Gasteiger partial charge in [0.05, 0.1) is 12.6 Å². The first-order chi connectivity index (χ1) is 6.15. The van der Waals surface area contributed by atoms with Crippen molar-refractivity contribution in [3.05, 3.63) is 0 Å². The number of halogens is 1. The van der Waals surface area contributed by atoms with Crippen LogP contribution in [0.5, 0.6) is 0 Å². The number of carboxylic acid groups (broad SMARTS) is 1. The summed E-state index contributed by atoms with van der Waals surface area (Å²) in [4.78, 5) is 12.8. The Kier molecular flexibility index (Phi) is 3.66. The molecule has 1 aliphatic rings. The van der Waals surface area contributed by atoms with Gasteiger partial charge in [0.2, 0.25) is 0 Å². The van der Waals surface area contributed by atoms with Gasteiger partial charge in [-0.2, -0.15) is 0 Å². The van der Waals surface area contributed by atoms with E-state index in [0.29, 0.717) is 19.5 Å². The number of carbonyl (C=O) groups is 1. The molecule has 4 heteroatoms. The molecule has 3 nitrogen and oxygen atoms in total. The Morgan fingerprint density at radius 3 is 2.77 bits per heavy atom. The molecular weight excluding hydrogens is 173 g/mol. The van der Waals surface area contributed by atoms with Crippen molar-refractivity contribution in [2.45, 2.75) is 13.3 Å². The highest BCUT2D eigenvalue weighted by Gasteiger charge is 2.33. The fourth-order valence-corrected chi connectivity index (χ4v) is 1.85. The largest absolute Gasteiger partial charge is 0.481 e. The molecule has 0 aromatic heterocycles. The van der Waals surface area contributed by atoms with Crippen molar-refractivity contribution < 1.29 is 14.3 Å². The number of rotatable bonds is 4. The van der Waals surface area contributed by atoms with Gasteiger partial charge in [-0.15, -0.1) is 0 Å². The quantitative estimate of drug-likeness (QED) is 0.717. The molecule has 76 valence electrons. The van der Waals surface area contributed by atoms with Crippen LogP contribution in [0, 0.1) is 11.8 Å². The molecule has 0 aromatic rings. The van der Waals surface area contributed by atoms with Crippen LogP contribution in [0.25, 0.3) is 0 Å². The van der Waals surface area contributed by atoms with Crippen LogP contribution >= 0.6 is 0 Å². The SMILES string of the molecule is C[C@@H]1CN(CCCF)C[C@H]1C(=O)O. The van der Waals surface area contributed by atoms with Gasteiger partial charge in [0.15, 0.2) is 0 Å². The zero-order valence-corrected chi connectivity index (χ0v) is 7.87. The van der Waals surface area contributed by atoms with Crippen molar-refractivity contribution in [1.82, 2.24) is 4.90 Å². The van der Waals surface area contributed by atoms with Crippen molar-refractivity contribution in [2.75, 3.05) is 26.3 Å². The molecule has 13 heavy (non-hydrogen) atoms. The van der Waals surface area contributed by atoms with Gasteiger partial charge < -0.3 is 10.0 Å². The van der Waals surface area contributed by atoms with E-state index < -0.39 is 5.97 Å². The number of hydrogen-bond acceptors (Lipinski definition) is 2. The van der Waals surface area contributed by atoms with Crippen molar-refractivity contribution in [1.29, 1.82) is 0 Å². The standard InChI is InChI=1S/C9H16FNO2/c1-7-5-11(4-2-3-10)6-8(7)9(12)13/h7-8H,2-6H2,1H3,(H,12,13)/t7-,8-/m1/s1. The van der Waals surface area contributed by atoms with E-state index in [2.05, 4.69) is 0 Å². The summed E-state index contributed by atoms with van der Waals surface area (Å²) in [5, 5.41) is 8.83. The summed E-state index contributed by atoms with van der Waals surface area (Å²) >= 11 is 0. The highest BCUT2D eigenvalue weighted by atomic mass is 19.1. The van der Waals surface area contributed by atoms with Gasteiger partial charge in [0.25, 0.3) is 0 Å². The molecular formula is C9H16FNO2. The number of likely N-dealkylation sites (tertiary alicyclic amines) is 1. The van der Waals surface area contributed by atoms with Crippen molar-refractivity contribution >= 4 is 5.97 Å². The summed E-state index contributed by atoms with van der Waals surface area (Å²) in [5.41, 5.74) is 0. The van der Waals surface area contributed by atoms with Crippen LogP contribution in [0.15, 0.2) is 0 Å². The molecule has 1 fully saturated rings. The minimum absolute atomic E-state index is 0.192. The summed E-state index contributed by atoms with van der Waals surface area (Å²) in [7, 11) is 0. The first kappa shape index (κ1) is 10.4. The van der Waals surface area contributed by atoms with Gasteiger partial charge in [-0.3, -0.25) is 9.18 Å². The molecule has 2 atom stereocenters. The van der Waals surface area contributed by atoms with Crippen molar-refractivity contribution in [3.8, 4) is 0 Å². The third-order valence-corrected chi connectivity index (χ3v) is 2.61. The normalized spacial score (nSPS) is 29.4. The maximum Gasteiger partial charge on any atom is 0.308 e. The molecule has 0 aromatic carbocycles. The highest BCUT2D eigenvalue weighted by molar-refractivity contribution is 5.71. The van der Waals surface area contributed by atoms with Crippen LogP contribution < -0.4 is 0 Å². The van der Waals surface area contributed by atoms with Crippen LogP contribution in [0.2, 0.25) is 0 Å². The molecule has 0 amide bonds. The Labute approximate surface area is 77.5 Å². The molecule has 0 saturated carbocycles. The van der Waals surface area contributed by atoms with E-state index in [1.807, 2.05) is 11.8 Å². The van der Waals surface area contributed by atoms with Crippen LogP contribution in [-0.4, -0.2) is 42.3 Å². The molecule has 1 aliphatic heterocycles. The minimum Gasteiger partial charge on any atom is -0.481 e. The van der Waals surface area contributed by atoms with Gasteiger partial charge in [0, 0.05) is 19.6 Å². The Bertz CT molecular complexity index is 186. The van der Waals surface area contributed by atoms with Gasteiger partial charge in [0.1, 0.15) is 0 Å². The number of aliphatic carboxylic acids is 1. The first-order valence-electron chi connectivity index (χ1n) is 4.66. The van der Waals surface area contributed by atoms with Crippen LogP contribution in [0.1, 0.15) is 13.3 Å². The van der Waals surface area contributed by atoms with E-state index >= 15 is 0 Å². The predicted octanol–water partition coefficient (Wildman–Crippen LogP) is 0.999. The third kappa shape index (κ3) is 2.66. The van der Waals surface area contributed by atoms with E-state index in [4.69, 9.17) is 5.11 Å². The van der Waals surface area contributed by atoms with Gasteiger partial charge >= 0.3 is 5.97 Å². The second-order valence-corrected chi connectivity index (χ2v) is 3.72. The lowest BCUT2D eigenvalue weighted by atomic mass is 9.99.